The number of rotatable bonds is 4. The van der Waals surface area contributed by atoms with Gasteiger partial charge in [-0.05, 0) is 36.2 Å². The lowest BCUT2D eigenvalue weighted by Gasteiger charge is -2.37. The molecule has 0 spiro atoms. The fourth-order valence-corrected chi connectivity index (χ4v) is 4.14. The minimum Gasteiger partial charge on any atom is -0.506 e. The van der Waals surface area contributed by atoms with Crippen LogP contribution in [0.4, 0.5) is 5.69 Å². The van der Waals surface area contributed by atoms with E-state index in [1.54, 1.807) is 13.1 Å². The van der Waals surface area contributed by atoms with Crippen LogP contribution in [0.2, 0.25) is 5.02 Å². The molecule has 0 amide bonds. The monoisotopic (exact) mass is 430 g/mol. The Morgan fingerprint density at radius 1 is 1.13 bits per heavy atom. The molecule has 8 heteroatoms. The molecular formula is C22H27ClN4O3. The summed E-state index contributed by atoms with van der Waals surface area (Å²) in [6.07, 6.45) is 0.799. The van der Waals surface area contributed by atoms with Gasteiger partial charge in [0.25, 0.3) is 0 Å². The second kappa shape index (κ2) is 9.34. The second-order valence-electron chi connectivity index (χ2n) is 7.29. The van der Waals surface area contributed by atoms with Crippen molar-refractivity contribution in [2.75, 3.05) is 57.9 Å². The Balaban J connectivity index is 1.30. The van der Waals surface area contributed by atoms with Crippen LogP contribution in [-0.2, 0) is 6.42 Å². The Morgan fingerprint density at radius 2 is 1.90 bits per heavy atom. The Labute approximate surface area is 181 Å². The Bertz CT molecular complexity index is 913. The van der Waals surface area contributed by atoms with Gasteiger partial charge in [-0.2, -0.15) is 0 Å². The zero-order valence-electron chi connectivity index (χ0n) is 17.1. The molecular weight excluding hydrogens is 404 g/mol. The predicted octanol–water partition coefficient (Wildman–Crippen LogP) is 2.76. The number of piperazine rings is 1. The van der Waals surface area contributed by atoms with Crippen molar-refractivity contribution in [2.24, 2.45) is 4.99 Å². The van der Waals surface area contributed by atoms with Crippen molar-refractivity contribution < 1.29 is 14.6 Å². The SMILES string of the molecule is CN=C(NCCc1cc(Cl)c2c(c1)OCCO2)N1CCN(c2ccccc2O)CC1. The summed E-state index contributed by atoms with van der Waals surface area (Å²) >= 11 is 6.33. The maximum atomic E-state index is 10.1. The number of anilines is 1. The summed E-state index contributed by atoms with van der Waals surface area (Å²) in [5.41, 5.74) is 1.98. The lowest BCUT2D eigenvalue weighted by Crippen LogP contribution is -2.52. The average molecular weight is 431 g/mol. The van der Waals surface area contributed by atoms with E-state index in [1.807, 2.05) is 30.3 Å². The average Bonchev–Trinajstić information content (AvgIpc) is 2.77. The van der Waals surface area contributed by atoms with E-state index in [-0.39, 0.29) is 0 Å². The minimum atomic E-state index is 0.326. The molecule has 0 saturated carbocycles. The van der Waals surface area contributed by atoms with Crippen LogP contribution in [0, 0.1) is 0 Å². The van der Waals surface area contributed by atoms with Gasteiger partial charge < -0.3 is 29.7 Å². The van der Waals surface area contributed by atoms with Crippen LogP contribution in [0.5, 0.6) is 17.2 Å². The number of guanidine groups is 1. The molecule has 0 aromatic heterocycles. The minimum absolute atomic E-state index is 0.326. The van der Waals surface area contributed by atoms with Crippen molar-refractivity contribution in [1.29, 1.82) is 0 Å². The molecule has 2 aliphatic heterocycles. The lowest BCUT2D eigenvalue weighted by atomic mass is 10.1. The number of benzene rings is 2. The van der Waals surface area contributed by atoms with E-state index in [1.165, 1.54) is 0 Å². The quantitative estimate of drug-likeness (QED) is 0.574. The van der Waals surface area contributed by atoms with E-state index >= 15 is 0 Å². The third kappa shape index (κ3) is 4.51. The molecule has 0 aliphatic carbocycles. The molecule has 1 fully saturated rings. The normalized spacial score (nSPS) is 16.5. The van der Waals surface area contributed by atoms with Crippen molar-refractivity contribution in [3.8, 4) is 17.2 Å². The molecule has 0 radical (unpaired) electrons. The first-order valence-corrected chi connectivity index (χ1v) is 10.6. The molecule has 1 saturated heterocycles. The number of ether oxygens (including phenoxy) is 2. The van der Waals surface area contributed by atoms with E-state index in [4.69, 9.17) is 21.1 Å². The summed E-state index contributed by atoms with van der Waals surface area (Å²) in [4.78, 5) is 8.89. The summed E-state index contributed by atoms with van der Waals surface area (Å²) in [5, 5.41) is 14.1. The molecule has 2 aromatic carbocycles. The number of fused-ring (bicyclic) bond motifs is 1. The van der Waals surface area contributed by atoms with Crippen molar-refractivity contribution in [1.82, 2.24) is 10.2 Å². The largest absolute Gasteiger partial charge is 0.506 e. The zero-order chi connectivity index (χ0) is 20.9. The van der Waals surface area contributed by atoms with Gasteiger partial charge in [0.2, 0.25) is 0 Å². The van der Waals surface area contributed by atoms with Crippen LogP contribution in [0.1, 0.15) is 5.56 Å². The molecule has 0 atom stereocenters. The highest BCUT2D eigenvalue weighted by Gasteiger charge is 2.21. The second-order valence-corrected chi connectivity index (χ2v) is 7.70. The van der Waals surface area contributed by atoms with Crippen LogP contribution in [0.25, 0.3) is 0 Å². The van der Waals surface area contributed by atoms with E-state index in [2.05, 4.69) is 20.1 Å². The molecule has 160 valence electrons. The molecule has 2 aromatic rings. The fraction of sp³-hybridized carbons (Fsp3) is 0.409. The van der Waals surface area contributed by atoms with Crippen molar-refractivity contribution in [3.63, 3.8) is 0 Å². The number of nitrogens with one attached hydrogen (secondary N) is 1. The molecule has 2 heterocycles. The Morgan fingerprint density at radius 3 is 2.67 bits per heavy atom. The molecule has 30 heavy (non-hydrogen) atoms. The van der Waals surface area contributed by atoms with Gasteiger partial charge in [0, 0.05) is 39.8 Å². The summed E-state index contributed by atoms with van der Waals surface area (Å²) in [7, 11) is 1.80. The number of halogens is 1. The van der Waals surface area contributed by atoms with E-state index < -0.39 is 0 Å². The van der Waals surface area contributed by atoms with Crippen LogP contribution >= 0.6 is 11.6 Å². The van der Waals surface area contributed by atoms with Gasteiger partial charge in [-0.1, -0.05) is 23.7 Å². The third-order valence-corrected chi connectivity index (χ3v) is 5.65. The van der Waals surface area contributed by atoms with Crippen LogP contribution in [0.15, 0.2) is 41.4 Å². The smallest absolute Gasteiger partial charge is 0.193 e. The summed E-state index contributed by atoms with van der Waals surface area (Å²) in [6, 6.07) is 11.4. The third-order valence-electron chi connectivity index (χ3n) is 5.37. The highest BCUT2D eigenvalue weighted by molar-refractivity contribution is 6.32. The molecule has 4 rings (SSSR count). The summed E-state index contributed by atoms with van der Waals surface area (Å²) in [6.45, 7) is 5.15. The topological polar surface area (TPSA) is 69.6 Å². The first-order valence-electron chi connectivity index (χ1n) is 10.2. The molecule has 0 bridgehead atoms. The number of nitrogens with zero attached hydrogens (tertiary/aromatic N) is 3. The number of phenolic OH excluding ortho intramolecular Hbond substituents is 1. The van der Waals surface area contributed by atoms with Crippen molar-refractivity contribution >= 4 is 23.2 Å². The van der Waals surface area contributed by atoms with Gasteiger partial charge in [0.1, 0.15) is 19.0 Å². The van der Waals surface area contributed by atoms with Gasteiger partial charge in [-0.3, -0.25) is 4.99 Å². The van der Waals surface area contributed by atoms with Gasteiger partial charge in [-0.25, -0.2) is 0 Å². The first kappa shape index (κ1) is 20.5. The van der Waals surface area contributed by atoms with Crippen LogP contribution in [0.3, 0.4) is 0 Å². The summed E-state index contributed by atoms with van der Waals surface area (Å²) in [5.74, 6) is 2.56. The molecule has 7 nitrogen and oxygen atoms in total. The van der Waals surface area contributed by atoms with Crippen LogP contribution < -0.4 is 19.7 Å². The first-order chi connectivity index (χ1) is 14.7. The standard InChI is InChI=1S/C22H27ClN4O3/c1-24-22(27-10-8-26(9-11-27)18-4-2-3-5-19(18)28)25-7-6-16-14-17(23)21-20(15-16)29-12-13-30-21/h2-5,14-15,28H,6-13H2,1H3,(H,24,25). The Kier molecular flexibility index (Phi) is 6.38. The van der Waals surface area contributed by atoms with Crippen molar-refractivity contribution in [3.05, 3.63) is 47.0 Å². The maximum absolute atomic E-state index is 10.1. The number of hydrogen-bond acceptors (Lipinski definition) is 5. The Hall–Kier alpha value is -2.80. The number of para-hydroxylation sites is 2. The number of phenols is 1. The summed E-state index contributed by atoms with van der Waals surface area (Å²) < 4.78 is 11.2. The predicted molar refractivity (Wildman–Crippen MR) is 119 cm³/mol. The maximum Gasteiger partial charge on any atom is 0.193 e. The number of aliphatic imine (C=N–C) groups is 1. The van der Waals surface area contributed by atoms with Crippen LogP contribution in [-0.4, -0.2) is 69.0 Å². The van der Waals surface area contributed by atoms with Gasteiger partial charge >= 0.3 is 0 Å². The molecule has 2 N–H and O–H groups in total. The lowest BCUT2D eigenvalue weighted by molar-refractivity contribution is 0.171. The highest BCUT2D eigenvalue weighted by Crippen LogP contribution is 2.38. The van der Waals surface area contributed by atoms with E-state index in [9.17, 15) is 5.11 Å². The number of hydrogen-bond donors (Lipinski definition) is 2. The van der Waals surface area contributed by atoms with Gasteiger partial charge in [0.15, 0.2) is 17.5 Å². The van der Waals surface area contributed by atoms with Gasteiger partial charge in [-0.15, -0.1) is 0 Å². The van der Waals surface area contributed by atoms with E-state index in [0.29, 0.717) is 35.5 Å². The van der Waals surface area contributed by atoms with Crippen molar-refractivity contribution in [2.45, 2.75) is 6.42 Å². The number of aromatic hydroxyl groups is 1. The fourth-order valence-electron chi connectivity index (χ4n) is 3.85. The highest BCUT2D eigenvalue weighted by atomic mass is 35.5. The molecule has 0 unspecified atom stereocenters. The van der Waals surface area contributed by atoms with E-state index in [0.717, 1.165) is 56.4 Å². The zero-order valence-corrected chi connectivity index (χ0v) is 17.9. The molecule has 2 aliphatic rings. The van der Waals surface area contributed by atoms with Gasteiger partial charge in [0.05, 0.1) is 10.7 Å².